The van der Waals surface area contributed by atoms with Gasteiger partial charge in [-0.15, -0.1) is 0 Å². The summed E-state index contributed by atoms with van der Waals surface area (Å²) in [6, 6.07) is 6.72. The van der Waals surface area contributed by atoms with E-state index in [0.29, 0.717) is 57.5 Å². The van der Waals surface area contributed by atoms with Crippen molar-refractivity contribution in [1.29, 1.82) is 0 Å². The van der Waals surface area contributed by atoms with Gasteiger partial charge >= 0.3 is 0 Å². The molecule has 7 heteroatoms. The standard InChI is InChI=1S/C25H39N3O4/c1-18-9-6-7-10-20(18)23(30)27-22(24(31)26-13-8-16-32-5)19-11-14-28(15-12-19)21(29)17-25(2,3)4/h6-7,9-10,19,22H,8,11-17H2,1-5H3,(H,26,31)(H,27,30). The van der Waals surface area contributed by atoms with E-state index in [1.807, 2.05) is 30.0 Å². The van der Waals surface area contributed by atoms with E-state index in [0.717, 1.165) is 5.56 Å². The summed E-state index contributed by atoms with van der Waals surface area (Å²) < 4.78 is 5.05. The number of aryl methyl sites for hydroxylation is 1. The van der Waals surface area contributed by atoms with Gasteiger partial charge < -0.3 is 20.3 Å². The summed E-state index contributed by atoms with van der Waals surface area (Å²) in [6.07, 6.45) is 2.58. The molecule has 1 aromatic rings. The molecule has 1 fully saturated rings. The third kappa shape index (κ3) is 7.93. The average Bonchev–Trinajstić information content (AvgIpc) is 2.74. The van der Waals surface area contributed by atoms with Crippen molar-refractivity contribution in [1.82, 2.24) is 15.5 Å². The van der Waals surface area contributed by atoms with Gasteiger partial charge in [-0.1, -0.05) is 39.0 Å². The Morgan fingerprint density at radius 3 is 2.41 bits per heavy atom. The van der Waals surface area contributed by atoms with Crippen molar-refractivity contribution < 1.29 is 19.1 Å². The van der Waals surface area contributed by atoms with Crippen molar-refractivity contribution in [2.24, 2.45) is 11.3 Å². The molecular formula is C25H39N3O4. The van der Waals surface area contributed by atoms with Crippen LogP contribution in [0.5, 0.6) is 0 Å². The minimum absolute atomic E-state index is 0.0240. The van der Waals surface area contributed by atoms with Crippen molar-refractivity contribution in [2.45, 2.75) is 59.4 Å². The fourth-order valence-corrected chi connectivity index (χ4v) is 4.03. The zero-order valence-corrected chi connectivity index (χ0v) is 20.2. The molecule has 1 saturated heterocycles. The summed E-state index contributed by atoms with van der Waals surface area (Å²) in [4.78, 5) is 40.4. The predicted octanol–water partition coefficient (Wildman–Crippen LogP) is 2.92. The van der Waals surface area contributed by atoms with E-state index in [1.54, 1.807) is 13.2 Å². The Hall–Kier alpha value is -2.41. The van der Waals surface area contributed by atoms with Gasteiger partial charge in [-0.25, -0.2) is 0 Å². The highest BCUT2D eigenvalue weighted by Gasteiger charge is 2.34. The van der Waals surface area contributed by atoms with Gasteiger partial charge in [0.25, 0.3) is 5.91 Å². The van der Waals surface area contributed by atoms with E-state index in [9.17, 15) is 14.4 Å². The molecule has 0 radical (unpaired) electrons. The number of nitrogens with one attached hydrogen (secondary N) is 2. The SMILES string of the molecule is COCCCNC(=O)C(NC(=O)c1ccccc1C)C1CCN(C(=O)CC(C)(C)C)CC1. The number of benzene rings is 1. The van der Waals surface area contributed by atoms with Crippen LogP contribution in [0.15, 0.2) is 24.3 Å². The lowest BCUT2D eigenvalue weighted by Crippen LogP contribution is -2.54. The summed E-state index contributed by atoms with van der Waals surface area (Å²) in [5.41, 5.74) is 1.38. The Morgan fingerprint density at radius 1 is 1.16 bits per heavy atom. The van der Waals surface area contributed by atoms with E-state index in [2.05, 4.69) is 31.4 Å². The van der Waals surface area contributed by atoms with Crippen LogP contribution in [0, 0.1) is 18.3 Å². The fraction of sp³-hybridized carbons (Fsp3) is 0.640. The summed E-state index contributed by atoms with van der Waals surface area (Å²) in [5.74, 6) is -0.293. The molecule has 2 N–H and O–H groups in total. The molecule has 1 unspecified atom stereocenters. The number of methoxy groups -OCH3 is 1. The van der Waals surface area contributed by atoms with Crippen molar-refractivity contribution in [3.63, 3.8) is 0 Å². The summed E-state index contributed by atoms with van der Waals surface area (Å²) >= 11 is 0. The number of likely N-dealkylation sites (tertiary alicyclic amines) is 1. The number of ether oxygens (including phenoxy) is 1. The molecule has 1 aromatic carbocycles. The van der Waals surface area contributed by atoms with Crippen LogP contribution < -0.4 is 10.6 Å². The van der Waals surface area contributed by atoms with E-state index < -0.39 is 6.04 Å². The first-order valence-corrected chi connectivity index (χ1v) is 11.5. The molecule has 32 heavy (non-hydrogen) atoms. The van der Waals surface area contributed by atoms with E-state index in [1.165, 1.54) is 0 Å². The molecule has 0 bridgehead atoms. The first-order chi connectivity index (χ1) is 15.1. The molecule has 3 amide bonds. The lowest BCUT2D eigenvalue weighted by molar-refractivity contribution is -0.134. The maximum Gasteiger partial charge on any atom is 0.252 e. The highest BCUT2D eigenvalue weighted by Crippen LogP contribution is 2.25. The number of carbonyl (C=O) groups is 3. The van der Waals surface area contributed by atoms with Crippen LogP contribution >= 0.6 is 0 Å². The van der Waals surface area contributed by atoms with Gasteiger partial charge in [-0.05, 0) is 49.1 Å². The van der Waals surface area contributed by atoms with Gasteiger partial charge in [0.1, 0.15) is 6.04 Å². The number of amides is 3. The fourth-order valence-electron chi connectivity index (χ4n) is 4.03. The zero-order valence-electron chi connectivity index (χ0n) is 20.2. The van der Waals surface area contributed by atoms with Gasteiger partial charge in [0.05, 0.1) is 0 Å². The highest BCUT2D eigenvalue weighted by atomic mass is 16.5. The number of rotatable bonds is 9. The minimum Gasteiger partial charge on any atom is -0.385 e. The molecule has 0 spiro atoms. The topological polar surface area (TPSA) is 87.7 Å². The summed E-state index contributed by atoms with van der Waals surface area (Å²) in [7, 11) is 1.63. The lowest BCUT2D eigenvalue weighted by Gasteiger charge is -2.36. The molecule has 0 aromatic heterocycles. The van der Waals surface area contributed by atoms with Crippen LogP contribution in [0.25, 0.3) is 0 Å². The van der Waals surface area contributed by atoms with Gasteiger partial charge in [0.2, 0.25) is 11.8 Å². The Morgan fingerprint density at radius 2 is 1.81 bits per heavy atom. The first kappa shape index (κ1) is 25.8. The van der Waals surface area contributed by atoms with Crippen LogP contribution in [-0.4, -0.2) is 62.0 Å². The maximum absolute atomic E-state index is 13.0. The predicted molar refractivity (Wildman–Crippen MR) is 125 cm³/mol. The average molecular weight is 446 g/mol. The van der Waals surface area contributed by atoms with Crippen molar-refractivity contribution >= 4 is 17.7 Å². The Bertz CT molecular complexity index is 780. The molecular weight excluding hydrogens is 406 g/mol. The number of nitrogens with zero attached hydrogens (tertiary/aromatic N) is 1. The Balaban J connectivity index is 2.06. The third-order valence-electron chi connectivity index (χ3n) is 5.83. The molecule has 0 aliphatic carbocycles. The van der Waals surface area contributed by atoms with Crippen LogP contribution in [-0.2, 0) is 14.3 Å². The number of hydrogen-bond acceptors (Lipinski definition) is 4. The largest absolute Gasteiger partial charge is 0.385 e. The number of carbonyl (C=O) groups excluding carboxylic acids is 3. The second kappa shape index (κ2) is 12.0. The summed E-state index contributed by atoms with van der Waals surface area (Å²) in [6.45, 7) is 10.3. The highest BCUT2D eigenvalue weighted by molar-refractivity contribution is 5.98. The molecule has 178 valence electrons. The quantitative estimate of drug-likeness (QED) is 0.572. The zero-order chi connectivity index (χ0) is 23.7. The first-order valence-electron chi connectivity index (χ1n) is 11.5. The molecule has 0 saturated carbocycles. The van der Waals surface area contributed by atoms with Gasteiger partial charge in [-0.2, -0.15) is 0 Å². The second-order valence-electron chi connectivity index (χ2n) is 9.86. The van der Waals surface area contributed by atoms with Crippen LogP contribution in [0.4, 0.5) is 0 Å². The maximum atomic E-state index is 13.0. The van der Waals surface area contributed by atoms with Crippen LogP contribution in [0.1, 0.15) is 62.4 Å². The molecule has 1 heterocycles. The smallest absolute Gasteiger partial charge is 0.252 e. The minimum atomic E-state index is -0.635. The van der Waals surface area contributed by atoms with Crippen molar-refractivity contribution in [2.75, 3.05) is 33.4 Å². The van der Waals surface area contributed by atoms with E-state index in [4.69, 9.17) is 4.74 Å². The summed E-state index contributed by atoms with van der Waals surface area (Å²) in [5, 5.41) is 5.92. The Labute approximate surface area is 192 Å². The van der Waals surface area contributed by atoms with Gasteiger partial charge in [0.15, 0.2) is 0 Å². The van der Waals surface area contributed by atoms with E-state index >= 15 is 0 Å². The lowest BCUT2D eigenvalue weighted by atomic mass is 9.87. The van der Waals surface area contributed by atoms with Crippen molar-refractivity contribution in [3.8, 4) is 0 Å². The monoisotopic (exact) mass is 445 g/mol. The second-order valence-corrected chi connectivity index (χ2v) is 9.86. The molecule has 7 nitrogen and oxygen atoms in total. The van der Waals surface area contributed by atoms with Crippen LogP contribution in [0.2, 0.25) is 0 Å². The number of hydrogen-bond donors (Lipinski definition) is 2. The van der Waals surface area contributed by atoms with Crippen molar-refractivity contribution in [3.05, 3.63) is 35.4 Å². The van der Waals surface area contributed by atoms with Gasteiger partial charge in [0, 0.05) is 45.3 Å². The normalized spacial score (nSPS) is 15.8. The van der Waals surface area contributed by atoms with Crippen LogP contribution in [0.3, 0.4) is 0 Å². The third-order valence-corrected chi connectivity index (χ3v) is 5.83. The van der Waals surface area contributed by atoms with Gasteiger partial charge in [-0.3, -0.25) is 14.4 Å². The Kier molecular flexibility index (Phi) is 9.69. The molecule has 1 atom stereocenters. The van der Waals surface area contributed by atoms with E-state index in [-0.39, 0.29) is 29.1 Å². The molecule has 1 aliphatic rings. The number of piperidine rings is 1. The molecule has 1 aliphatic heterocycles. The molecule has 2 rings (SSSR count).